The number of aliphatic hydroxyl groups is 1. The topological polar surface area (TPSA) is 32.3 Å². The summed E-state index contributed by atoms with van der Waals surface area (Å²) in [6.07, 6.45) is 2.28. The molecular weight excluding hydrogens is 253 g/mol. The molecule has 1 aromatic rings. The third-order valence-corrected chi connectivity index (χ3v) is 3.50. The fourth-order valence-electron chi connectivity index (χ4n) is 2.58. The molecule has 1 aliphatic rings. The van der Waals surface area contributed by atoms with E-state index in [2.05, 4.69) is 19.2 Å². The van der Waals surface area contributed by atoms with Crippen molar-refractivity contribution in [3.05, 3.63) is 35.6 Å². The van der Waals surface area contributed by atoms with Gasteiger partial charge in [0.25, 0.3) is 0 Å². The molecule has 0 amide bonds. The minimum Gasteiger partial charge on any atom is -0.387 e. The zero-order valence-corrected chi connectivity index (χ0v) is 11.6. The largest absolute Gasteiger partial charge is 0.387 e. The smallest absolute Gasteiger partial charge is 0.129 e. The Kier molecular flexibility index (Phi) is 5.14. The molecule has 4 heteroatoms. The Morgan fingerprint density at radius 3 is 2.67 bits per heavy atom. The number of hydrogen-bond donors (Lipinski definition) is 2. The SMILES string of the molecule is CC1(C)CCC[C@@H]([C@@H](O)c2ccccc2F)N1.Cl. The predicted molar refractivity (Wildman–Crippen MR) is 73.5 cm³/mol. The van der Waals surface area contributed by atoms with Crippen LogP contribution in [0.5, 0.6) is 0 Å². The molecule has 1 aromatic carbocycles. The Morgan fingerprint density at radius 1 is 1.39 bits per heavy atom. The van der Waals surface area contributed by atoms with Crippen LogP contribution in [0.1, 0.15) is 44.8 Å². The molecule has 18 heavy (non-hydrogen) atoms. The summed E-state index contributed by atoms with van der Waals surface area (Å²) in [5.41, 5.74) is 0.414. The van der Waals surface area contributed by atoms with Crippen LogP contribution in [0.4, 0.5) is 4.39 Å². The maximum atomic E-state index is 13.6. The Labute approximate surface area is 114 Å². The van der Waals surface area contributed by atoms with Gasteiger partial charge in [-0.3, -0.25) is 0 Å². The van der Waals surface area contributed by atoms with Crippen molar-refractivity contribution in [1.29, 1.82) is 0 Å². The molecule has 1 aliphatic heterocycles. The standard InChI is InChI=1S/C14H20FNO.ClH/c1-14(2)9-5-8-12(16-14)13(17)10-6-3-4-7-11(10)15;/h3-4,6-7,12-13,16-17H,5,8-9H2,1-2H3;1H/t12-,13-;/m0./s1. The van der Waals surface area contributed by atoms with E-state index in [0.29, 0.717) is 5.56 Å². The summed E-state index contributed by atoms with van der Waals surface area (Å²) in [7, 11) is 0. The van der Waals surface area contributed by atoms with Crippen molar-refractivity contribution in [3.8, 4) is 0 Å². The van der Waals surface area contributed by atoms with E-state index in [1.807, 2.05) is 0 Å². The predicted octanol–water partition coefficient (Wildman–Crippen LogP) is 3.20. The van der Waals surface area contributed by atoms with E-state index in [4.69, 9.17) is 0 Å². The van der Waals surface area contributed by atoms with Crippen LogP contribution < -0.4 is 5.32 Å². The monoisotopic (exact) mass is 273 g/mol. The second-order valence-electron chi connectivity index (χ2n) is 5.49. The van der Waals surface area contributed by atoms with E-state index in [9.17, 15) is 9.50 Å². The number of hydrogen-bond acceptors (Lipinski definition) is 2. The number of halogens is 2. The third kappa shape index (κ3) is 3.44. The lowest BCUT2D eigenvalue weighted by molar-refractivity contribution is 0.0817. The van der Waals surface area contributed by atoms with Crippen molar-refractivity contribution in [2.75, 3.05) is 0 Å². The van der Waals surface area contributed by atoms with Gasteiger partial charge in [-0.1, -0.05) is 18.2 Å². The van der Waals surface area contributed by atoms with E-state index < -0.39 is 6.10 Å². The molecule has 1 heterocycles. The van der Waals surface area contributed by atoms with E-state index in [1.54, 1.807) is 18.2 Å². The molecule has 0 bridgehead atoms. The molecule has 0 spiro atoms. The number of piperidine rings is 1. The van der Waals surface area contributed by atoms with Crippen molar-refractivity contribution in [1.82, 2.24) is 5.32 Å². The van der Waals surface area contributed by atoms with Gasteiger partial charge < -0.3 is 10.4 Å². The van der Waals surface area contributed by atoms with Crippen molar-refractivity contribution >= 4 is 12.4 Å². The Bertz CT molecular complexity index is 397. The minimum atomic E-state index is -0.768. The molecule has 0 aromatic heterocycles. The summed E-state index contributed by atoms with van der Waals surface area (Å²) in [5.74, 6) is -0.329. The van der Waals surface area contributed by atoms with Crippen LogP contribution in [0.15, 0.2) is 24.3 Å². The van der Waals surface area contributed by atoms with Crippen LogP contribution in [0.2, 0.25) is 0 Å². The van der Waals surface area contributed by atoms with Gasteiger partial charge in [0.05, 0.1) is 6.10 Å². The molecule has 102 valence electrons. The van der Waals surface area contributed by atoms with E-state index in [1.165, 1.54) is 6.07 Å². The van der Waals surface area contributed by atoms with Crippen molar-refractivity contribution < 1.29 is 9.50 Å². The van der Waals surface area contributed by atoms with Crippen molar-refractivity contribution in [3.63, 3.8) is 0 Å². The highest BCUT2D eigenvalue weighted by Crippen LogP contribution is 2.29. The van der Waals surface area contributed by atoms with Crippen LogP contribution >= 0.6 is 12.4 Å². The Balaban J connectivity index is 0.00000162. The molecule has 1 saturated heterocycles. The van der Waals surface area contributed by atoms with Gasteiger partial charge in [0.15, 0.2) is 0 Å². The lowest BCUT2D eigenvalue weighted by Crippen LogP contribution is -2.51. The lowest BCUT2D eigenvalue weighted by Gasteiger charge is -2.39. The highest BCUT2D eigenvalue weighted by molar-refractivity contribution is 5.85. The first-order valence-electron chi connectivity index (χ1n) is 6.20. The highest BCUT2D eigenvalue weighted by atomic mass is 35.5. The molecule has 0 radical (unpaired) electrons. The molecule has 2 atom stereocenters. The summed E-state index contributed by atoms with van der Waals surface area (Å²) < 4.78 is 13.6. The number of rotatable bonds is 2. The molecule has 1 fully saturated rings. The second-order valence-corrected chi connectivity index (χ2v) is 5.49. The number of aliphatic hydroxyl groups excluding tert-OH is 1. The molecule has 0 aliphatic carbocycles. The average molecular weight is 274 g/mol. The fraction of sp³-hybridized carbons (Fsp3) is 0.571. The number of nitrogens with one attached hydrogen (secondary N) is 1. The van der Waals surface area contributed by atoms with Gasteiger partial charge in [-0.15, -0.1) is 12.4 Å². The number of benzene rings is 1. The molecule has 2 rings (SSSR count). The van der Waals surface area contributed by atoms with Gasteiger partial charge in [0.2, 0.25) is 0 Å². The van der Waals surface area contributed by atoms with E-state index in [0.717, 1.165) is 19.3 Å². The van der Waals surface area contributed by atoms with Gasteiger partial charge >= 0.3 is 0 Å². The Morgan fingerprint density at radius 2 is 2.06 bits per heavy atom. The van der Waals surface area contributed by atoms with Crippen LogP contribution in [0, 0.1) is 5.82 Å². The Hall–Kier alpha value is -0.640. The quantitative estimate of drug-likeness (QED) is 0.867. The first-order chi connectivity index (χ1) is 7.99. The van der Waals surface area contributed by atoms with Crippen molar-refractivity contribution in [2.24, 2.45) is 0 Å². The summed E-state index contributed by atoms with van der Waals surface area (Å²) in [6, 6.07) is 6.39. The summed E-state index contributed by atoms with van der Waals surface area (Å²) in [4.78, 5) is 0. The van der Waals surface area contributed by atoms with Gasteiger partial charge in [-0.2, -0.15) is 0 Å². The molecule has 2 N–H and O–H groups in total. The van der Waals surface area contributed by atoms with Crippen LogP contribution in [0.3, 0.4) is 0 Å². The maximum absolute atomic E-state index is 13.6. The fourth-order valence-corrected chi connectivity index (χ4v) is 2.58. The molecule has 0 saturated carbocycles. The minimum absolute atomic E-state index is 0. The van der Waals surface area contributed by atoms with Crippen molar-refractivity contribution in [2.45, 2.75) is 50.8 Å². The summed E-state index contributed by atoms with van der Waals surface area (Å²) in [6.45, 7) is 4.24. The molecule has 2 nitrogen and oxygen atoms in total. The van der Waals surface area contributed by atoms with Crippen LogP contribution in [-0.4, -0.2) is 16.7 Å². The van der Waals surface area contributed by atoms with E-state index >= 15 is 0 Å². The highest BCUT2D eigenvalue weighted by Gasteiger charge is 2.32. The summed E-state index contributed by atoms with van der Waals surface area (Å²) >= 11 is 0. The van der Waals surface area contributed by atoms with Gasteiger partial charge in [0, 0.05) is 17.1 Å². The first-order valence-corrected chi connectivity index (χ1v) is 6.20. The second kappa shape index (κ2) is 6.00. The summed E-state index contributed by atoms with van der Waals surface area (Å²) in [5, 5.41) is 13.7. The van der Waals surface area contributed by atoms with Gasteiger partial charge in [-0.05, 0) is 39.2 Å². The zero-order valence-electron chi connectivity index (χ0n) is 10.8. The first kappa shape index (κ1) is 15.4. The lowest BCUT2D eigenvalue weighted by atomic mass is 9.85. The molecule has 0 unspecified atom stereocenters. The zero-order chi connectivity index (χ0) is 12.5. The van der Waals surface area contributed by atoms with Crippen LogP contribution in [-0.2, 0) is 0 Å². The van der Waals surface area contributed by atoms with Gasteiger partial charge in [0.1, 0.15) is 5.82 Å². The maximum Gasteiger partial charge on any atom is 0.129 e. The van der Waals surface area contributed by atoms with Crippen LogP contribution in [0.25, 0.3) is 0 Å². The molecular formula is C14H21ClFNO. The van der Waals surface area contributed by atoms with E-state index in [-0.39, 0.29) is 29.8 Å². The van der Waals surface area contributed by atoms with Gasteiger partial charge in [-0.25, -0.2) is 4.39 Å². The third-order valence-electron chi connectivity index (χ3n) is 3.50. The average Bonchev–Trinajstić information content (AvgIpc) is 2.27. The normalized spacial score (nSPS) is 24.1.